The van der Waals surface area contributed by atoms with Crippen molar-refractivity contribution >= 4 is 63.6 Å². The number of alkyl halides is 3. The summed E-state index contributed by atoms with van der Waals surface area (Å²) in [6.07, 6.45) is 0.836. The maximum Gasteiger partial charge on any atom is 0.410 e. The molecule has 1 aromatic carbocycles. The first-order valence-corrected chi connectivity index (χ1v) is 16.3. The number of amides is 2. The number of hydrogen-bond donors (Lipinski definition) is 1. The molecule has 6 rings (SSSR count). The Morgan fingerprint density at radius 1 is 1.17 bits per heavy atom. The fourth-order valence-electron chi connectivity index (χ4n) is 5.72. The van der Waals surface area contributed by atoms with Crippen molar-refractivity contribution in [2.75, 3.05) is 18.4 Å². The third-order valence-electron chi connectivity index (χ3n) is 7.58. The molecule has 0 radical (unpaired) electrons. The fraction of sp³-hybridized carbons (Fsp3) is 0.481. The summed E-state index contributed by atoms with van der Waals surface area (Å²) in [5.74, 6) is -3.10. The monoisotopic (exact) mass is 744 g/mol. The van der Waals surface area contributed by atoms with Crippen molar-refractivity contribution in [3.63, 3.8) is 0 Å². The average molecular weight is 745 g/mol. The molecular weight excluding hydrogens is 717 g/mol. The van der Waals surface area contributed by atoms with Crippen LogP contribution in [0.2, 0.25) is 0 Å². The van der Waals surface area contributed by atoms with Crippen LogP contribution in [0.15, 0.2) is 33.8 Å². The van der Waals surface area contributed by atoms with Gasteiger partial charge in [0.2, 0.25) is 16.4 Å². The van der Waals surface area contributed by atoms with E-state index in [1.807, 2.05) is 20.8 Å². The molecule has 2 aromatic heterocycles. The largest absolute Gasteiger partial charge is 0.444 e. The van der Waals surface area contributed by atoms with Crippen LogP contribution in [0.1, 0.15) is 61.3 Å². The maximum atomic E-state index is 13.9. The van der Waals surface area contributed by atoms with E-state index in [4.69, 9.17) is 4.74 Å². The van der Waals surface area contributed by atoms with E-state index >= 15 is 0 Å². The molecule has 10 nitrogen and oxygen atoms in total. The number of rotatable bonds is 4. The molecule has 4 heterocycles. The minimum Gasteiger partial charge on any atom is -0.444 e. The van der Waals surface area contributed by atoms with Crippen molar-refractivity contribution in [3.8, 4) is 0 Å². The summed E-state index contributed by atoms with van der Waals surface area (Å²) in [7, 11) is 0. The molecule has 41 heavy (non-hydrogen) atoms. The number of benzene rings is 1. The Morgan fingerprint density at radius 2 is 1.83 bits per heavy atom. The zero-order valence-electron chi connectivity index (χ0n) is 22.8. The lowest BCUT2D eigenvalue weighted by atomic mass is 9.74. The number of hydrogen-bond acceptors (Lipinski definition) is 6. The first kappa shape index (κ1) is 28.4. The zero-order chi connectivity index (χ0) is 29.5. The van der Waals surface area contributed by atoms with Crippen molar-refractivity contribution in [1.82, 2.24) is 24.1 Å². The van der Waals surface area contributed by atoms with E-state index in [0.29, 0.717) is 37.2 Å². The van der Waals surface area contributed by atoms with Gasteiger partial charge in [0.1, 0.15) is 12.1 Å². The van der Waals surface area contributed by atoms with Gasteiger partial charge in [-0.25, -0.2) is 13.6 Å². The second kappa shape index (κ2) is 9.64. The molecule has 1 atom stereocenters. The molecule has 3 aromatic rings. The number of piperidine rings is 1. The number of ether oxygens (including phenoxy) is 1. The van der Waals surface area contributed by atoms with Crippen LogP contribution in [0, 0.1) is 0 Å². The number of likely N-dealkylation sites (tertiary alicyclic amines) is 1. The van der Waals surface area contributed by atoms with Crippen LogP contribution in [0.4, 0.5) is 19.3 Å². The molecule has 1 spiro atoms. The van der Waals surface area contributed by atoms with Gasteiger partial charge >= 0.3 is 6.09 Å². The van der Waals surface area contributed by atoms with Crippen molar-refractivity contribution in [2.45, 2.75) is 67.9 Å². The lowest BCUT2D eigenvalue weighted by Gasteiger charge is -2.39. The molecule has 0 saturated carbocycles. The summed E-state index contributed by atoms with van der Waals surface area (Å²) in [5.41, 5.74) is 0.373. The Balaban J connectivity index is 1.32. The lowest BCUT2D eigenvalue weighted by Crippen LogP contribution is -2.49. The van der Waals surface area contributed by atoms with Crippen LogP contribution in [0.3, 0.4) is 0 Å². The number of fused-ring (bicyclic) bond motifs is 6. The quantitative estimate of drug-likeness (QED) is 0.301. The predicted molar refractivity (Wildman–Crippen MR) is 160 cm³/mol. The van der Waals surface area contributed by atoms with Crippen molar-refractivity contribution in [3.05, 3.63) is 56.2 Å². The summed E-state index contributed by atoms with van der Waals surface area (Å²) < 4.78 is 37.5. The van der Waals surface area contributed by atoms with Crippen LogP contribution in [0.5, 0.6) is 0 Å². The average Bonchev–Trinajstić information content (AvgIpc) is 3.51. The summed E-state index contributed by atoms with van der Waals surface area (Å²) >= 11 is 2.93. The van der Waals surface area contributed by atoms with Crippen molar-refractivity contribution < 1.29 is 23.1 Å². The molecule has 218 valence electrons. The molecule has 1 aliphatic carbocycles. The molecular formula is C27H28BrF2IN6O4. The second-order valence-electron chi connectivity index (χ2n) is 11.6. The van der Waals surface area contributed by atoms with E-state index in [1.54, 1.807) is 9.47 Å². The maximum absolute atomic E-state index is 13.9. The first-order chi connectivity index (χ1) is 19.2. The van der Waals surface area contributed by atoms with Crippen molar-refractivity contribution in [1.29, 1.82) is 0 Å². The Hall–Kier alpha value is -2.75. The third kappa shape index (κ3) is 5.00. The van der Waals surface area contributed by atoms with Crippen molar-refractivity contribution in [2.24, 2.45) is 0 Å². The molecule has 14 heteroatoms. The van der Waals surface area contributed by atoms with E-state index in [0.717, 1.165) is 12.6 Å². The summed E-state index contributed by atoms with van der Waals surface area (Å²) in [4.78, 5) is 45.9. The molecule has 1 N–H and O–H groups in total. The number of halogens is 4. The molecule has 1 fully saturated rings. The predicted octanol–water partition coefficient (Wildman–Crippen LogP) is 4.88. The Morgan fingerprint density at radius 3 is 2.44 bits per heavy atom. The van der Waals surface area contributed by atoms with Gasteiger partial charge in [0, 0.05) is 42.4 Å². The van der Waals surface area contributed by atoms with Crippen LogP contribution in [-0.2, 0) is 27.4 Å². The molecule has 2 aliphatic heterocycles. The summed E-state index contributed by atoms with van der Waals surface area (Å²) in [6, 6.07) is 5.44. The van der Waals surface area contributed by atoms with E-state index in [-0.39, 0.29) is 64.8 Å². The molecule has 2 amide bonds. The van der Waals surface area contributed by atoms with E-state index in [9.17, 15) is 23.2 Å². The number of nitrogens with zero attached hydrogens (tertiary/aromatic N) is 5. The number of aromatic nitrogens is 4. The van der Waals surface area contributed by atoms with Gasteiger partial charge in [0.05, 0.1) is 9.49 Å². The summed E-state index contributed by atoms with van der Waals surface area (Å²) in [5, 5.41) is 7.05. The van der Waals surface area contributed by atoms with Crippen LogP contribution in [-0.4, -0.2) is 58.3 Å². The van der Waals surface area contributed by atoms with Crippen LogP contribution >= 0.6 is 36.7 Å². The number of carbonyl (C=O) groups excluding carboxylic acids is 2. The first-order valence-electron chi connectivity index (χ1n) is 13.1. The van der Waals surface area contributed by atoms with Gasteiger partial charge in [-0.1, -0.05) is 12.1 Å². The minimum absolute atomic E-state index is 0.128. The van der Waals surface area contributed by atoms with E-state index < -0.39 is 16.9 Å². The molecule has 0 unspecified atom stereocenters. The van der Waals surface area contributed by atoms with Crippen LogP contribution in [0.25, 0.3) is 5.78 Å². The standard InChI is InChI=1S/C27H28BrF2IN6O4/c1-25(2,3)41-24(40)35-11-9-27(10-12-35)17-19(18-20(27)31-18)36(23-33-22(28)34-37(23)21(17)39)13-16(38)32-15-7-5-14(6-8-15)26(4,29)30/h5-8,18H,9-13H2,1-4H3,(H,32,38)/t18-/m1/s1. The molecule has 3 aliphatic rings. The van der Waals surface area contributed by atoms with Gasteiger partial charge < -0.3 is 19.5 Å². The number of nitrogens with one attached hydrogen (secondary N) is 1. The highest BCUT2D eigenvalue weighted by atomic mass is 127. The molecule has 1 saturated heterocycles. The number of anilines is 1. The van der Waals surface area contributed by atoms with Gasteiger partial charge in [-0.05, 0) is 65.2 Å². The minimum atomic E-state index is -2.98. The van der Waals surface area contributed by atoms with Gasteiger partial charge in [-0.15, -0.1) is 25.8 Å². The SMILES string of the molecule is CC(C)(C)OC(=O)N1CCC2(CC1)C1=I[C@@H]1c1c2c(=O)n2nc(Br)nc2n1CC(=O)Nc1ccc(C(C)(F)F)cc1. The molecule has 0 bridgehead atoms. The second-order valence-corrected chi connectivity index (χ2v) is 15.4. The van der Waals surface area contributed by atoms with Gasteiger partial charge in [0.15, 0.2) is 0 Å². The normalized spacial score (nSPS) is 19.3. The Bertz CT molecular complexity index is 1680. The van der Waals surface area contributed by atoms with E-state index in [1.165, 1.54) is 32.3 Å². The Kier molecular flexibility index (Phi) is 6.67. The highest BCUT2D eigenvalue weighted by molar-refractivity contribution is 14.2. The van der Waals surface area contributed by atoms with Gasteiger partial charge in [-0.3, -0.25) is 9.59 Å². The lowest BCUT2D eigenvalue weighted by molar-refractivity contribution is -0.116. The third-order valence-corrected chi connectivity index (χ3v) is 11.4. The van der Waals surface area contributed by atoms with Crippen LogP contribution < -0.4 is 10.9 Å². The summed E-state index contributed by atoms with van der Waals surface area (Å²) in [6.45, 7) is 7.10. The van der Waals surface area contributed by atoms with E-state index in [2.05, 4.69) is 31.3 Å². The zero-order valence-corrected chi connectivity index (χ0v) is 26.5. The van der Waals surface area contributed by atoms with Gasteiger partial charge in [0.25, 0.3) is 11.5 Å². The topological polar surface area (TPSA) is 111 Å². The fourth-order valence-corrected chi connectivity index (χ4v) is 9.77. The highest BCUT2D eigenvalue weighted by Crippen LogP contribution is 2.64. The smallest absolute Gasteiger partial charge is 0.410 e. The highest BCUT2D eigenvalue weighted by Gasteiger charge is 2.59. The van der Waals surface area contributed by atoms with Gasteiger partial charge in [-0.2, -0.15) is 9.50 Å². The Labute approximate surface area is 252 Å². The number of carbonyl (C=O) groups is 2.